The van der Waals surface area contributed by atoms with Gasteiger partial charge in [0.2, 0.25) is 0 Å². The number of fused-ring (bicyclic) bond motifs is 5. The van der Waals surface area contributed by atoms with Crippen LogP contribution in [-0.2, 0) is 9.59 Å². The summed E-state index contributed by atoms with van der Waals surface area (Å²) in [5, 5.41) is 11.2. The number of Topliss-reactive ketones (excluding diaryl/α,β-unsaturated/α-hetero) is 2. The highest BCUT2D eigenvalue weighted by atomic mass is 16.3. The van der Waals surface area contributed by atoms with Gasteiger partial charge in [-0.05, 0) is 43.9 Å². The van der Waals surface area contributed by atoms with Crippen molar-refractivity contribution in [2.75, 3.05) is 0 Å². The molecule has 0 aromatic carbocycles. The molecule has 22 heavy (non-hydrogen) atoms. The van der Waals surface area contributed by atoms with Gasteiger partial charge in [-0.2, -0.15) is 0 Å². The van der Waals surface area contributed by atoms with Crippen molar-refractivity contribution in [3.05, 3.63) is 0 Å². The molecule has 4 rings (SSSR count). The van der Waals surface area contributed by atoms with Gasteiger partial charge in [-0.3, -0.25) is 9.59 Å². The van der Waals surface area contributed by atoms with Crippen molar-refractivity contribution in [2.45, 2.75) is 77.2 Å². The van der Waals surface area contributed by atoms with Crippen molar-refractivity contribution < 1.29 is 14.7 Å². The molecule has 0 aliphatic heterocycles. The van der Waals surface area contributed by atoms with Crippen molar-refractivity contribution in [2.24, 2.45) is 28.6 Å². The number of hydrogen-bond acceptors (Lipinski definition) is 3. The Bertz CT molecular complexity index is 541. The van der Waals surface area contributed by atoms with Gasteiger partial charge >= 0.3 is 0 Å². The monoisotopic (exact) mass is 304 g/mol. The molecule has 0 spiro atoms. The molecular weight excluding hydrogens is 276 g/mol. The Balaban J connectivity index is 1.76. The molecule has 3 heteroatoms. The molecule has 6 atom stereocenters. The second-order valence-corrected chi connectivity index (χ2v) is 8.96. The van der Waals surface area contributed by atoms with E-state index in [0.29, 0.717) is 18.6 Å². The van der Waals surface area contributed by atoms with Crippen LogP contribution in [0.2, 0.25) is 0 Å². The highest BCUT2D eigenvalue weighted by Crippen LogP contribution is 2.65. The second kappa shape index (κ2) is 4.43. The maximum Gasteiger partial charge on any atom is 0.139 e. The lowest BCUT2D eigenvalue weighted by Crippen LogP contribution is -2.64. The molecule has 0 radical (unpaired) electrons. The summed E-state index contributed by atoms with van der Waals surface area (Å²) < 4.78 is 0. The average molecular weight is 304 g/mol. The number of carbonyl (C=O) groups is 2. The van der Waals surface area contributed by atoms with Gasteiger partial charge < -0.3 is 5.11 Å². The molecule has 0 aromatic heterocycles. The number of carbonyl (C=O) groups excluding carboxylic acids is 2. The van der Waals surface area contributed by atoms with Crippen molar-refractivity contribution in [1.82, 2.24) is 0 Å². The molecule has 3 nitrogen and oxygen atoms in total. The SMILES string of the molecule is C[C@]12CC[C@@H]3[C@H](C(=O)C[C@@]4(O)CCCC[C@]34C)[C@H]1CCC2=O. The fraction of sp³-hybridized carbons (Fsp3) is 0.895. The minimum atomic E-state index is -0.792. The quantitative estimate of drug-likeness (QED) is 0.747. The zero-order valence-corrected chi connectivity index (χ0v) is 13.9. The Morgan fingerprint density at radius 1 is 1.00 bits per heavy atom. The molecule has 1 N–H and O–H groups in total. The van der Waals surface area contributed by atoms with Crippen LogP contribution in [-0.4, -0.2) is 22.3 Å². The van der Waals surface area contributed by atoms with Gasteiger partial charge in [-0.1, -0.05) is 26.7 Å². The molecular formula is C19H28O3. The second-order valence-electron chi connectivity index (χ2n) is 8.96. The topological polar surface area (TPSA) is 54.4 Å². The summed E-state index contributed by atoms with van der Waals surface area (Å²) in [6.45, 7) is 4.33. The van der Waals surface area contributed by atoms with E-state index in [4.69, 9.17) is 0 Å². The summed E-state index contributed by atoms with van der Waals surface area (Å²) in [5.74, 6) is 1.15. The first-order chi connectivity index (χ1) is 10.3. The minimum Gasteiger partial charge on any atom is -0.389 e. The maximum absolute atomic E-state index is 13.0. The largest absolute Gasteiger partial charge is 0.389 e. The highest BCUT2D eigenvalue weighted by molar-refractivity contribution is 5.91. The van der Waals surface area contributed by atoms with E-state index in [0.717, 1.165) is 44.9 Å². The van der Waals surface area contributed by atoms with Crippen LogP contribution in [0, 0.1) is 28.6 Å². The first-order valence-electron chi connectivity index (χ1n) is 9.10. The normalized spacial score (nSPS) is 54.6. The number of hydrogen-bond donors (Lipinski definition) is 1. The van der Waals surface area contributed by atoms with Gasteiger partial charge in [0, 0.05) is 29.6 Å². The molecule has 0 aromatic rings. The van der Waals surface area contributed by atoms with Crippen molar-refractivity contribution in [3.8, 4) is 0 Å². The summed E-state index contributed by atoms with van der Waals surface area (Å²) in [4.78, 5) is 25.3. The van der Waals surface area contributed by atoms with Crippen molar-refractivity contribution >= 4 is 11.6 Å². The minimum absolute atomic E-state index is 0.0218. The molecule has 4 aliphatic rings. The summed E-state index contributed by atoms with van der Waals surface area (Å²) in [6, 6.07) is 0. The van der Waals surface area contributed by atoms with Crippen LogP contribution in [0.25, 0.3) is 0 Å². The molecule has 4 fully saturated rings. The fourth-order valence-electron chi connectivity index (χ4n) is 6.73. The Hall–Kier alpha value is -0.700. The van der Waals surface area contributed by atoms with Gasteiger partial charge in [-0.25, -0.2) is 0 Å². The third-order valence-corrected chi connectivity index (χ3v) is 8.24. The molecule has 0 unspecified atom stereocenters. The van der Waals surface area contributed by atoms with Crippen LogP contribution < -0.4 is 0 Å². The number of aliphatic hydroxyl groups is 1. The first-order valence-corrected chi connectivity index (χ1v) is 9.10. The summed E-state index contributed by atoms with van der Waals surface area (Å²) in [6.07, 6.45) is 7.73. The van der Waals surface area contributed by atoms with E-state index in [-0.39, 0.29) is 34.4 Å². The summed E-state index contributed by atoms with van der Waals surface area (Å²) in [7, 11) is 0. The van der Waals surface area contributed by atoms with E-state index in [9.17, 15) is 14.7 Å². The van der Waals surface area contributed by atoms with E-state index in [1.165, 1.54) is 0 Å². The lowest BCUT2D eigenvalue weighted by Gasteiger charge is -2.61. The van der Waals surface area contributed by atoms with Crippen molar-refractivity contribution in [3.63, 3.8) is 0 Å². The number of rotatable bonds is 0. The van der Waals surface area contributed by atoms with Gasteiger partial charge in [0.05, 0.1) is 5.60 Å². The van der Waals surface area contributed by atoms with E-state index in [1.54, 1.807) is 0 Å². The van der Waals surface area contributed by atoms with Gasteiger partial charge in [0.15, 0.2) is 0 Å². The van der Waals surface area contributed by atoms with Gasteiger partial charge in [0.25, 0.3) is 0 Å². The van der Waals surface area contributed by atoms with Crippen LogP contribution in [0.3, 0.4) is 0 Å². The lowest BCUT2D eigenvalue weighted by atomic mass is 9.43. The maximum atomic E-state index is 13.0. The number of ketones is 2. The zero-order valence-electron chi connectivity index (χ0n) is 13.9. The van der Waals surface area contributed by atoms with E-state index in [1.807, 2.05) is 0 Å². The molecule has 0 amide bonds. The predicted molar refractivity (Wildman–Crippen MR) is 83.2 cm³/mol. The third kappa shape index (κ3) is 1.61. The first kappa shape index (κ1) is 14.9. The Labute approximate surface area is 132 Å². The standard InChI is InChI=1S/C19H28O3/c1-17-10-7-13-16(12(17)5-6-15(17)21)14(20)11-19(22)9-4-3-8-18(13,19)2/h12-13,16,22H,3-11H2,1-2H3/t12-,13-,16-,17+,18-,19+/m1/s1. The summed E-state index contributed by atoms with van der Waals surface area (Å²) >= 11 is 0. The van der Waals surface area contributed by atoms with Crippen LogP contribution >= 0.6 is 0 Å². The molecule has 0 saturated heterocycles. The van der Waals surface area contributed by atoms with Crippen LogP contribution in [0.1, 0.15) is 71.6 Å². The lowest BCUT2D eigenvalue weighted by molar-refractivity contribution is -0.201. The van der Waals surface area contributed by atoms with Crippen LogP contribution in [0.4, 0.5) is 0 Å². The van der Waals surface area contributed by atoms with Crippen LogP contribution in [0.15, 0.2) is 0 Å². The average Bonchev–Trinajstić information content (AvgIpc) is 2.76. The Kier molecular flexibility index (Phi) is 3.00. The Morgan fingerprint density at radius 3 is 2.50 bits per heavy atom. The molecule has 0 bridgehead atoms. The van der Waals surface area contributed by atoms with Crippen molar-refractivity contribution in [1.29, 1.82) is 0 Å². The molecule has 4 saturated carbocycles. The third-order valence-electron chi connectivity index (χ3n) is 8.24. The van der Waals surface area contributed by atoms with Gasteiger partial charge in [-0.15, -0.1) is 0 Å². The molecule has 122 valence electrons. The van der Waals surface area contributed by atoms with Gasteiger partial charge in [0.1, 0.15) is 11.6 Å². The molecule has 0 heterocycles. The van der Waals surface area contributed by atoms with E-state index >= 15 is 0 Å². The fourth-order valence-corrected chi connectivity index (χ4v) is 6.73. The predicted octanol–water partition coefficient (Wildman–Crippen LogP) is 3.28. The van der Waals surface area contributed by atoms with Crippen LogP contribution in [0.5, 0.6) is 0 Å². The molecule has 4 aliphatic carbocycles. The van der Waals surface area contributed by atoms with E-state index < -0.39 is 5.60 Å². The smallest absolute Gasteiger partial charge is 0.139 e. The van der Waals surface area contributed by atoms with E-state index in [2.05, 4.69) is 13.8 Å². The zero-order chi connectivity index (χ0) is 15.8. The highest BCUT2D eigenvalue weighted by Gasteiger charge is 2.66. The Morgan fingerprint density at radius 2 is 1.73 bits per heavy atom. The summed E-state index contributed by atoms with van der Waals surface area (Å²) in [5.41, 5.74) is -1.19.